The van der Waals surface area contributed by atoms with Crippen LogP contribution in [-0.2, 0) is 11.3 Å². The third-order valence-electron chi connectivity index (χ3n) is 5.07. The lowest BCUT2D eigenvalue weighted by atomic mass is 9.68. The zero-order chi connectivity index (χ0) is 19.6. The van der Waals surface area contributed by atoms with Crippen LogP contribution in [0.3, 0.4) is 0 Å². The van der Waals surface area contributed by atoms with Crippen LogP contribution in [-0.4, -0.2) is 6.29 Å². The molecule has 0 aliphatic carbocycles. The fraction of sp³-hybridized carbons (Fsp3) is 0.619. The molecule has 0 radical (unpaired) electrons. The summed E-state index contributed by atoms with van der Waals surface area (Å²) in [6, 6.07) is 10.4. The normalized spacial score (nSPS) is 16.4. The molecular weight excluding hydrogens is 324 g/mol. The van der Waals surface area contributed by atoms with Crippen molar-refractivity contribution in [1.82, 2.24) is 0 Å². The smallest absolute Gasteiger partial charge is 0.125 e. The minimum absolute atomic E-state index is 0.202. The Bertz CT molecular complexity index is 672. The summed E-state index contributed by atoms with van der Waals surface area (Å²) in [5.41, 5.74) is 9.51. The number of aldehydes is 1. The van der Waals surface area contributed by atoms with Crippen LogP contribution in [0.15, 0.2) is 29.4 Å². The van der Waals surface area contributed by atoms with E-state index >= 15 is 0 Å². The molecule has 0 N–H and O–H groups in total. The van der Waals surface area contributed by atoms with E-state index in [1.54, 1.807) is 0 Å². The summed E-state index contributed by atoms with van der Waals surface area (Å²) in [6.07, 6.45) is 5.19. The van der Waals surface area contributed by atoms with Crippen molar-refractivity contribution in [2.75, 3.05) is 0 Å². The van der Waals surface area contributed by atoms with Gasteiger partial charge >= 0.3 is 0 Å². The van der Waals surface area contributed by atoms with E-state index in [9.17, 15) is 10.1 Å². The van der Waals surface area contributed by atoms with E-state index in [1.165, 1.54) is 0 Å². The van der Waals surface area contributed by atoms with Crippen LogP contribution in [0.2, 0.25) is 0 Å². The van der Waals surface area contributed by atoms with Crippen LogP contribution < -0.4 is 0 Å². The molecule has 5 nitrogen and oxygen atoms in total. The molecule has 0 spiro atoms. The van der Waals surface area contributed by atoms with Gasteiger partial charge in [-0.3, -0.25) is 0 Å². The highest BCUT2D eigenvalue weighted by Gasteiger charge is 2.36. The van der Waals surface area contributed by atoms with E-state index in [2.05, 4.69) is 29.9 Å². The highest BCUT2D eigenvalue weighted by Crippen LogP contribution is 2.41. The number of carbonyl (C=O) groups is 1. The summed E-state index contributed by atoms with van der Waals surface area (Å²) in [6.45, 7) is 8.51. The monoisotopic (exact) mass is 354 g/mol. The van der Waals surface area contributed by atoms with Crippen molar-refractivity contribution in [2.24, 2.45) is 15.9 Å². The van der Waals surface area contributed by atoms with Crippen molar-refractivity contribution in [3.05, 3.63) is 45.8 Å². The number of hydrogen-bond acceptors (Lipinski definition) is 3. The summed E-state index contributed by atoms with van der Waals surface area (Å²) in [7, 11) is 0. The molecule has 0 heterocycles. The molecule has 0 aliphatic rings. The van der Waals surface area contributed by atoms with E-state index in [0.717, 1.165) is 36.7 Å². The largest absolute Gasteiger partial charge is 0.303 e. The van der Waals surface area contributed by atoms with Gasteiger partial charge in [0, 0.05) is 10.3 Å². The first-order chi connectivity index (χ1) is 12.3. The molecule has 0 fully saturated rings. The van der Waals surface area contributed by atoms with Crippen LogP contribution in [0.25, 0.3) is 10.4 Å². The lowest BCUT2D eigenvalue weighted by Gasteiger charge is -2.34. The minimum Gasteiger partial charge on any atom is -0.303 e. The second kappa shape index (κ2) is 9.99. The van der Waals surface area contributed by atoms with Gasteiger partial charge < -0.3 is 4.79 Å². The third kappa shape index (κ3) is 6.54. The average molecular weight is 354 g/mol. The molecule has 0 saturated heterocycles. The predicted molar refractivity (Wildman–Crippen MR) is 104 cm³/mol. The van der Waals surface area contributed by atoms with Crippen molar-refractivity contribution >= 4 is 6.29 Å². The summed E-state index contributed by atoms with van der Waals surface area (Å²) < 4.78 is 0. The standard InChI is InChI=1S/C21H30N4O/c1-5-6-11-20(3,15-22)14-21(4,16-26)12-17(2)19-9-7-18(8-10-19)13-24-25-23/h7-10,16-17H,5-6,11-14H2,1-4H3. The molecule has 1 aromatic rings. The molecule has 5 heteroatoms. The van der Waals surface area contributed by atoms with Gasteiger partial charge in [0.2, 0.25) is 0 Å². The van der Waals surface area contributed by atoms with Crippen molar-refractivity contribution in [3.63, 3.8) is 0 Å². The van der Waals surface area contributed by atoms with Gasteiger partial charge in [-0.15, -0.1) is 0 Å². The molecule has 1 aromatic carbocycles. The second-order valence-corrected chi connectivity index (χ2v) is 7.96. The highest BCUT2D eigenvalue weighted by atomic mass is 16.1. The molecule has 0 amide bonds. The molecule has 0 aromatic heterocycles. The number of benzene rings is 1. The summed E-state index contributed by atoms with van der Waals surface area (Å²) in [5.74, 6) is 0.202. The Kier molecular flexibility index (Phi) is 8.35. The molecule has 140 valence electrons. The van der Waals surface area contributed by atoms with Crippen molar-refractivity contribution in [3.8, 4) is 6.07 Å². The van der Waals surface area contributed by atoms with E-state index in [0.29, 0.717) is 19.4 Å². The van der Waals surface area contributed by atoms with E-state index in [4.69, 9.17) is 5.53 Å². The van der Waals surface area contributed by atoms with Gasteiger partial charge in [0.1, 0.15) is 6.29 Å². The maximum atomic E-state index is 11.9. The van der Waals surface area contributed by atoms with E-state index < -0.39 is 10.8 Å². The van der Waals surface area contributed by atoms with Gasteiger partial charge in [-0.1, -0.05) is 63.0 Å². The zero-order valence-corrected chi connectivity index (χ0v) is 16.4. The van der Waals surface area contributed by atoms with Crippen LogP contribution in [0, 0.1) is 22.2 Å². The first-order valence-electron chi connectivity index (χ1n) is 9.28. The van der Waals surface area contributed by atoms with Gasteiger partial charge in [-0.25, -0.2) is 0 Å². The van der Waals surface area contributed by atoms with E-state index in [-0.39, 0.29) is 5.92 Å². The summed E-state index contributed by atoms with van der Waals surface area (Å²) in [4.78, 5) is 14.6. The zero-order valence-electron chi connectivity index (χ0n) is 16.4. The number of hydrogen-bond donors (Lipinski definition) is 0. The van der Waals surface area contributed by atoms with Crippen LogP contribution in [0.5, 0.6) is 0 Å². The number of carbonyl (C=O) groups excluding carboxylic acids is 1. The Labute approximate surface area is 157 Å². The van der Waals surface area contributed by atoms with Gasteiger partial charge in [0.15, 0.2) is 0 Å². The maximum Gasteiger partial charge on any atom is 0.125 e. The molecule has 1 rings (SSSR count). The highest BCUT2D eigenvalue weighted by molar-refractivity contribution is 5.59. The molecule has 26 heavy (non-hydrogen) atoms. The Balaban J connectivity index is 2.85. The topological polar surface area (TPSA) is 89.6 Å². The van der Waals surface area contributed by atoms with Crippen LogP contribution in [0.4, 0.5) is 0 Å². The number of nitrogens with zero attached hydrogens (tertiary/aromatic N) is 4. The number of azide groups is 1. The fourth-order valence-electron chi connectivity index (χ4n) is 3.69. The first-order valence-corrected chi connectivity index (χ1v) is 9.28. The Morgan fingerprint density at radius 1 is 1.35 bits per heavy atom. The van der Waals surface area contributed by atoms with Crippen molar-refractivity contribution in [2.45, 2.75) is 72.3 Å². The first kappa shape index (κ1) is 21.7. The summed E-state index contributed by atoms with van der Waals surface area (Å²) in [5, 5.41) is 13.2. The number of nitriles is 1. The maximum absolute atomic E-state index is 11.9. The van der Waals surface area contributed by atoms with Crippen LogP contribution >= 0.6 is 0 Å². The van der Waals surface area contributed by atoms with E-state index in [1.807, 2.05) is 38.1 Å². The molecular formula is C21H30N4O. The van der Waals surface area contributed by atoms with Gasteiger partial charge in [-0.05, 0) is 48.8 Å². The van der Waals surface area contributed by atoms with Gasteiger partial charge in [0.05, 0.1) is 18.0 Å². The molecule has 0 aliphatic heterocycles. The van der Waals surface area contributed by atoms with Crippen LogP contribution in [0.1, 0.15) is 76.8 Å². The average Bonchev–Trinajstić information content (AvgIpc) is 2.65. The third-order valence-corrected chi connectivity index (χ3v) is 5.07. The molecule has 3 unspecified atom stereocenters. The Hall–Kier alpha value is -2.31. The van der Waals surface area contributed by atoms with Gasteiger partial charge in [0.25, 0.3) is 0 Å². The Morgan fingerprint density at radius 3 is 2.50 bits per heavy atom. The minimum atomic E-state index is -0.526. The SMILES string of the molecule is CCCCC(C)(C#N)CC(C)(C=O)CC(C)c1ccc(CN=[N+]=[N-])cc1. The number of unbranched alkanes of at least 4 members (excludes halogenated alkanes) is 1. The quantitative estimate of drug-likeness (QED) is 0.202. The van der Waals surface area contributed by atoms with Gasteiger partial charge in [-0.2, -0.15) is 5.26 Å². The summed E-state index contributed by atoms with van der Waals surface area (Å²) >= 11 is 0. The predicted octanol–water partition coefficient (Wildman–Crippen LogP) is 6.31. The second-order valence-electron chi connectivity index (χ2n) is 7.96. The lowest BCUT2D eigenvalue weighted by molar-refractivity contribution is -0.117. The fourth-order valence-corrected chi connectivity index (χ4v) is 3.69. The lowest BCUT2D eigenvalue weighted by Crippen LogP contribution is -2.29. The van der Waals surface area contributed by atoms with Crippen molar-refractivity contribution < 1.29 is 4.79 Å². The Morgan fingerprint density at radius 2 is 2.00 bits per heavy atom. The number of rotatable bonds is 11. The molecule has 3 atom stereocenters. The van der Waals surface area contributed by atoms with Crippen molar-refractivity contribution in [1.29, 1.82) is 5.26 Å². The molecule has 0 saturated carbocycles. The molecule has 0 bridgehead atoms.